The van der Waals surface area contributed by atoms with E-state index in [0.717, 1.165) is 19.5 Å². The summed E-state index contributed by atoms with van der Waals surface area (Å²) in [5, 5.41) is 0. The zero-order valence-electron chi connectivity index (χ0n) is 12.5. The smallest absolute Gasteiger partial charge is 0.0429 e. The van der Waals surface area contributed by atoms with Crippen molar-refractivity contribution in [3.8, 4) is 0 Å². The number of hydrogen-bond acceptors (Lipinski definition) is 2. The highest BCUT2D eigenvalue weighted by Gasteiger charge is 2.10. The van der Waals surface area contributed by atoms with Crippen LogP contribution in [-0.2, 0) is 13.1 Å². The maximum Gasteiger partial charge on any atom is 0.0429 e. The van der Waals surface area contributed by atoms with E-state index >= 15 is 0 Å². The Kier molecular flexibility index (Phi) is 5.19. The Morgan fingerprint density at radius 3 is 2.45 bits per heavy atom. The van der Waals surface area contributed by atoms with Gasteiger partial charge in [0.2, 0.25) is 0 Å². The van der Waals surface area contributed by atoms with Gasteiger partial charge in [-0.2, -0.15) is 0 Å². The van der Waals surface area contributed by atoms with E-state index in [1.54, 1.807) is 0 Å². The number of aryl methyl sites for hydroxylation is 1. The summed E-state index contributed by atoms with van der Waals surface area (Å²) in [5.41, 5.74) is 11.0. The number of hydrogen-bond donors (Lipinski definition) is 1. The summed E-state index contributed by atoms with van der Waals surface area (Å²) in [4.78, 5) is 2.43. The van der Waals surface area contributed by atoms with Crippen LogP contribution < -0.4 is 10.6 Å². The van der Waals surface area contributed by atoms with Gasteiger partial charge in [0.1, 0.15) is 0 Å². The molecule has 2 N–H and O–H groups in total. The van der Waals surface area contributed by atoms with Gasteiger partial charge in [0, 0.05) is 25.3 Å². The third kappa shape index (κ3) is 3.61. The molecule has 0 fully saturated rings. The van der Waals surface area contributed by atoms with Crippen LogP contribution in [0.5, 0.6) is 0 Å². The van der Waals surface area contributed by atoms with Crippen LogP contribution in [0.2, 0.25) is 0 Å². The first-order valence-electron chi connectivity index (χ1n) is 7.33. The fourth-order valence-corrected chi connectivity index (χ4v) is 2.54. The summed E-state index contributed by atoms with van der Waals surface area (Å²) in [6.45, 7) is 6.90. The molecular weight excluding hydrogens is 244 g/mol. The van der Waals surface area contributed by atoms with Crippen molar-refractivity contribution in [2.24, 2.45) is 5.73 Å². The van der Waals surface area contributed by atoms with Crippen LogP contribution in [0.1, 0.15) is 30.0 Å². The van der Waals surface area contributed by atoms with Gasteiger partial charge in [-0.15, -0.1) is 0 Å². The Morgan fingerprint density at radius 1 is 1.05 bits per heavy atom. The Labute approximate surface area is 122 Å². The molecule has 0 amide bonds. The van der Waals surface area contributed by atoms with Gasteiger partial charge in [-0.05, 0) is 30.5 Å². The molecule has 0 spiro atoms. The summed E-state index contributed by atoms with van der Waals surface area (Å²) >= 11 is 0. The molecule has 0 radical (unpaired) electrons. The number of rotatable bonds is 6. The average molecular weight is 268 g/mol. The van der Waals surface area contributed by atoms with Crippen LogP contribution >= 0.6 is 0 Å². The quantitative estimate of drug-likeness (QED) is 0.861. The summed E-state index contributed by atoms with van der Waals surface area (Å²) in [6.07, 6.45) is 1.13. The van der Waals surface area contributed by atoms with Crippen molar-refractivity contribution in [2.45, 2.75) is 33.4 Å². The molecule has 2 heteroatoms. The van der Waals surface area contributed by atoms with Gasteiger partial charge >= 0.3 is 0 Å². The van der Waals surface area contributed by atoms with E-state index in [1.807, 2.05) is 0 Å². The number of nitrogens with two attached hydrogens (primary N) is 1. The summed E-state index contributed by atoms with van der Waals surface area (Å²) < 4.78 is 0. The number of nitrogens with zero attached hydrogens (tertiary/aromatic N) is 1. The van der Waals surface area contributed by atoms with Gasteiger partial charge in [-0.1, -0.05) is 55.0 Å². The lowest BCUT2D eigenvalue weighted by Gasteiger charge is -2.27. The highest BCUT2D eigenvalue weighted by Crippen LogP contribution is 2.24. The van der Waals surface area contributed by atoms with E-state index in [9.17, 15) is 0 Å². The second-order valence-electron chi connectivity index (χ2n) is 5.24. The van der Waals surface area contributed by atoms with Gasteiger partial charge in [0.15, 0.2) is 0 Å². The van der Waals surface area contributed by atoms with E-state index in [4.69, 9.17) is 5.73 Å². The van der Waals surface area contributed by atoms with E-state index in [2.05, 4.69) is 67.3 Å². The lowest BCUT2D eigenvalue weighted by atomic mass is 10.1. The van der Waals surface area contributed by atoms with E-state index in [1.165, 1.54) is 22.4 Å². The molecule has 0 atom stereocenters. The van der Waals surface area contributed by atoms with Crippen LogP contribution in [0.25, 0.3) is 0 Å². The van der Waals surface area contributed by atoms with Crippen LogP contribution in [0.3, 0.4) is 0 Å². The predicted molar refractivity (Wildman–Crippen MR) is 86.9 cm³/mol. The number of anilines is 1. The Balaban J connectivity index is 2.28. The normalized spacial score (nSPS) is 10.6. The monoisotopic (exact) mass is 268 g/mol. The molecule has 0 saturated heterocycles. The van der Waals surface area contributed by atoms with Gasteiger partial charge in [-0.3, -0.25) is 0 Å². The Bertz CT molecular complexity index is 534. The predicted octanol–water partition coefficient (Wildman–Crippen LogP) is 3.87. The second kappa shape index (κ2) is 7.11. The van der Waals surface area contributed by atoms with Crippen molar-refractivity contribution in [2.75, 3.05) is 11.4 Å². The minimum atomic E-state index is 0.589. The summed E-state index contributed by atoms with van der Waals surface area (Å²) in [5.74, 6) is 0. The van der Waals surface area contributed by atoms with Crippen molar-refractivity contribution in [1.29, 1.82) is 0 Å². The first kappa shape index (κ1) is 14.6. The minimum Gasteiger partial charge on any atom is -0.367 e. The molecule has 106 valence electrons. The first-order chi connectivity index (χ1) is 9.74. The second-order valence-corrected chi connectivity index (χ2v) is 5.24. The Morgan fingerprint density at radius 2 is 1.80 bits per heavy atom. The molecule has 2 aromatic carbocycles. The summed E-state index contributed by atoms with van der Waals surface area (Å²) in [6, 6.07) is 17.2. The topological polar surface area (TPSA) is 29.3 Å². The standard InChI is InChI=1S/C18H24N2/c1-3-11-20(14-16-7-5-4-6-8-16)18-10-9-15(2)12-17(18)13-19/h4-10,12H,3,11,13-14,19H2,1-2H3. The fraction of sp³-hybridized carbons (Fsp3) is 0.333. The van der Waals surface area contributed by atoms with Crippen LogP contribution in [0.4, 0.5) is 5.69 Å². The maximum atomic E-state index is 5.92. The highest BCUT2D eigenvalue weighted by molar-refractivity contribution is 5.55. The zero-order valence-corrected chi connectivity index (χ0v) is 12.5. The molecule has 0 heterocycles. The summed E-state index contributed by atoms with van der Waals surface area (Å²) in [7, 11) is 0. The molecule has 2 rings (SSSR count). The molecule has 0 aliphatic rings. The average Bonchev–Trinajstić information content (AvgIpc) is 2.48. The third-order valence-electron chi connectivity index (χ3n) is 3.51. The van der Waals surface area contributed by atoms with Gasteiger partial charge in [-0.25, -0.2) is 0 Å². The van der Waals surface area contributed by atoms with Gasteiger partial charge in [0.25, 0.3) is 0 Å². The van der Waals surface area contributed by atoms with Crippen LogP contribution in [0, 0.1) is 6.92 Å². The lowest BCUT2D eigenvalue weighted by Crippen LogP contribution is -2.25. The van der Waals surface area contributed by atoms with Crippen LogP contribution in [-0.4, -0.2) is 6.54 Å². The molecule has 0 aromatic heterocycles. The lowest BCUT2D eigenvalue weighted by molar-refractivity contribution is 0.761. The maximum absolute atomic E-state index is 5.92. The number of benzene rings is 2. The van der Waals surface area contributed by atoms with Crippen molar-refractivity contribution in [3.63, 3.8) is 0 Å². The van der Waals surface area contributed by atoms with Crippen molar-refractivity contribution in [3.05, 3.63) is 65.2 Å². The fourth-order valence-electron chi connectivity index (χ4n) is 2.54. The first-order valence-corrected chi connectivity index (χ1v) is 7.33. The minimum absolute atomic E-state index is 0.589. The zero-order chi connectivity index (χ0) is 14.4. The van der Waals surface area contributed by atoms with E-state index in [-0.39, 0.29) is 0 Å². The highest BCUT2D eigenvalue weighted by atomic mass is 15.1. The van der Waals surface area contributed by atoms with Gasteiger partial charge < -0.3 is 10.6 Å². The molecule has 0 aliphatic carbocycles. The van der Waals surface area contributed by atoms with E-state index < -0.39 is 0 Å². The third-order valence-corrected chi connectivity index (χ3v) is 3.51. The van der Waals surface area contributed by atoms with Crippen molar-refractivity contribution in [1.82, 2.24) is 0 Å². The molecule has 0 aliphatic heterocycles. The molecule has 0 bridgehead atoms. The van der Waals surface area contributed by atoms with E-state index in [0.29, 0.717) is 6.54 Å². The Hall–Kier alpha value is -1.80. The largest absolute Gasteiger partial charge is 0.367 e. The van der Waals surface area contributed by atoms with Crippen LogP contribution in [0.15, 0.2) is 48.5 Å². The molecular formula is C18H24N2. The molecule has 0 unspecified atom stereocenters. The molecule has 2 nitrogen and oxygen atoms in total. The molecule has 20 heavy (non-hydrogen) atoms. The van der Waals surface area contributed by atoms with Crippen molar-refractivity contribution < 1.29 is 0 Å². The SMILES string of the molecule is CCCN(Cc1ccccc1)c1ccc(C)cc1CN. The molecule has 2 aromatic rings. The molecule has 0 saturated carbocycles. The van der Waals surface area contributed by atoms with Crippen molar-refractivity contribution >= 4 is 5.69 Å². The van der Waals surface area contributed by atoms with Gasteiger partial charge in [0.05, 0.1) is 0 Å².